The third-order valence-corrected chi connectivity index (χ3v) is 6.81. The van der Waals surface area contributed by atoms with E-state index in [1.807, 2.05) is 35.2 Å². The fraction of sp³-hybridized carbons (Fsp3) is 0.214. The number of hydrogen-bond donors (Lipinski definition) is 0. The van der Waals surface area contributed by atoms with Gasteiger partial charge in [0.15, 0.2) is 0 Å². The minimum Gasteiger partial charge on any atom is -0.342 e. The number of amides is 1. The number of hydrogen-bond acceptors (Lipinski definition) is 2. The Labute approximate surface area is 211 Å². The Kier molecular flexibility index (Phi) is 7.94. The second-order valence-corrected chi connectivity index (χ2v) is 10.2. The predicted octanol–water partition coefficient (Wildman–Crippen LogP) is 7.15. The Bertz CT molecular complexity index is 1180. The van der Waals surface area contributed by atoms with Crippen molar-refractivity contribution in [3.05, 3.63) is 104 Å². The highest BCUT2D eigenvalue weighted by atomic mass is 79.9. The van der Waals surface area contributed by atoms with Gasteiger partial charge in [-0.05, 0) is 58.5 Å². The number of ketones is 1. The number of halogens is 2. The standard InChI is InChI=1S/C28H25Br2NO2/c29-25-8-2-5-21(17-25)14-20-4-1-7-23(15-20)24(16-22-6-3-9-26(30)18-22)19-28(33)31-12-10-27(32)11-13-31/h1-9,14,16-18H,10-13,15,19H2. The minimum absolute atomic E-state index is 0.0803. The molecule has 1 saturated heterocycles. The van der Waals surface area contributed by atoms with Crippen LogP contribution in [0, 0.1) is 0 Å². The summed E-state index contributed by atoms with van der Waals surface area (Å²) in [5.41, 5.74) is 5.53. The maximum atomic E-state index is 13.1. The van der Waals surface area contributed by atoms with Crippen LogP contribution in [-0.2, 0) is 9.59 Å². The van der Waals surface area contributed by atoms with Gasteiger partial charge < -0.3 is 4.90 Å². The van der Waals surface area contributed by atoms with E-state index in [0.717, 1.165) is 37.6 Å². The molecule has 0 spiro atoms. The number of rotatable bonds is 5. The van der Waals surface area contributed by atoms with E-state index < -0.39 is 0 Å². The zero-order chi connectivity index (χ0) is 23.2. The first-order valence-corrected chi connectivity index (χ1v) is 12.6. The fourth-order valence-electron chi connectivity index (χ4n) is 4.09. The number of Topliss-reactive ketones (excluding diaryl/α,β-unsaturated/α-hetero) is 1. The molecule has 2 aliphatic rings. The van der Waals surface area contributed by atoms with Crippen molar-refractivity contribution in [1.82, 2.24) is 4.90 Å². The van der Waals surface area contributed by atoms with Gasteiger partial charge in [0.2, 0.25) is 5.91 Å². The predicted molar refractivity (Wildman–Crippen MR) is 142 cm³/mol. The Morgan fingerprint density at radius 1 is 0.970 bits per heavy atom. The van der Waals surface area contributed by atoms with Crippen LogP contribution in [0.25, 0.3) is 12.2 Å². The lowest BCUT2D eigenvalue weighted by Crippen LogP contribution is -2.38. The lowest BCUT2D eigenvalue weighted by atomic mass is 9.89. The number of allylic oxidation sites excluding steroid dienone is 5. The number of carbonyl (C=O) groups excluding carboxylic acids is 2. The number of carbonyl (C=O) groups is 2. The molecule has 3 nitrogen and oxygen atoms in total. The molecule has 2 aromatic carbocycles. The Morgan fingerprint density at radius 3 is 2.33 bits per heavy atom. The zero-order valence-corrected chi connectivity index (χ0v) is 21.4. The maximum Gasteiger partial charge on any atom is 0.227 e. The Balaban J connectivity index is 1.60. The van der Waals surface area contributed by atoms with E-state index in [4.69, 9.17) is 0 Å². The molecule has 0 N–H and O–H groups in total. The third-order valence-electron chi connectivity index (χ3n) is 5.82. The van der Waals surface area contributed by atoms with Crippen LogP contribution >= 0.6 is 31.9 Å². The molecule has 1 aliphatic carbocycles. The number of nitrogens with zero attached hydrogens (tertiary/aromatic N) is 1. The topological polar surface area (TPSA) is 37.4 Å². The van der Waals surface area contributed by atoms with Crippen molar-refractivity contribution in [3.8, 4) is 0 Å². The average Bonchev–Trinajstić information content (AvgIpc) is 2.79. The van der Waals surface area contributed by atoms with Crippen LogP contribution < -0.4 is 0 Å². The molecule has 1 heterocycles. The largest absolute Gasteiger partial charge is 0.342 e. The summed E-state index contributed by atoms with van der Waals surface area (Å²) in [6, 6.07) is 16.3. The van der Waals surface area contributed by atoms with Crippen LogP contribution in [0.15, 0.2) is 92.4 Å². The lowest BCUT2D eigenvalue weighted by molar-refractivity contribution is -0.133. The molecule has 0 radical (unpaired) electrons. The number of benzene rings is 2. The van der Waals surface area contributed by atoms with Crippen molar-refractivity contribution in [3.63, 3.8) is 0 Å². The summed E-state index contributed by atoms with van der Waals surface area (Å²) in [5, 5.41) is 0. The van der Waals surface area contributed by atoms with E-state index >= 15 is 0 Å². The molecule has 0 unspecified atom stereocenters. The van der Waals surface area contributed by atoms with Gasteiger partial charge in [-0.2, -0.15) is 0 Å². The maximum absolute atomic E-state index is 13.1. The van der Waals surface area contributed by atoms with E-state index in [1.165, 1.54) is 5.57 Å². The van der Waals surface area contributed by atoms with Gasteiger partial charge >= 0.3 is 0 Å². The summed E-state index contributed by atoms with van der Waals surface area (Å²) >= 11 is 7.08. The molecule has 5 heteroatoms. The van der Waals surface area contributed by atoms with Crippen LogP contribution in [0.4, 0.5) is 0 Å². The van der Waals surface area contributed by atoms with Gasteiger partial charge in [0.05, 0.1) is 6.42 Å². The molecule has 4 rings (SSSR count). The quantitative estimate of drug-likeness (QED) is 0.385. The molecule has 0 saturated carbocycles. The van der Waals surface area contributed by atoms with E-state index in [1.54, 1.807) is 0 Å². The SMILES string of the molecule is O=C1CCN(C(=O)CC(=Cc2cccc(Br)c2)C2=CC=CC(=Cc3cccc(Br)c3)C2)CC1. The lowest BCUT2D eigenvalue weighted by Gasteiger charge is -2.27. The molecule has 1 amide bonds. The van der Waals surface area contributed by atoms with Crippen molar-refractivity contribution >= 4 is 55.7 Å². The molecule has 1 fully saturated rings. The summed E-state index contributed by atoms with van der Waals surface area (Å²) in [4.78, 5) is 26.6. The van der Waals surface area contributed by atoms with Gasteiger partial charge in [-0.1, -0.05) is 86.5 Å². The molecule has 33 heavy (non-hydrogen) atoms. The second-order valence-electron chi connectivity index (χ2n) is 8.32. The highest BCUT2D eigenvalue weighted by molar-refractivity contribution is 9.10. The van der Waals surface area contributed by atoms with Crippen LogP contribution in [-0.4, -0.2) is 29.7 Å². The van der Waals surface area contributed by atoms with Crippen molar-refractivity contribution < 1.29 is 9.59 Å². The molecule has 0 bridgehead atoms. The van der Waals surface area contributed by atoms with Crippen LogP contribution in [0.3, 0.4) is 0 Å². The Morgan fingerprint density at radius 2 is 1.64 bits per heavy atom. The Hall–Kier alpha value is -2.50. The van der Waals surface area contributed by atoms with Gasteiger partial charge in [0.1, 0.15) is 5.78 Å². The highest BCUT2D eigenvalue weighted by Gasteiger charge is 2.22. The van der Waals surface area contributed by atoms with Gasteiger partial charge in [-0.25, -0.2) is 0 Å². The summed E-state index contributed by atoms with van der Waals surface area (Å²) < 4.78 is 2.05. The molecule has 0 atom stereocenters. The van der Waals surface area contributed by atoms with Gasteiger partial charge in [-0.3, -0.25) is 9.59 Å². The number of piperidine rings is 1. The van der Waals surface area contributed by atoms with Crippen molar-refractivity contribution in [2.75, 3.05) is 13.1 Å². The van der Waals surface area contributed by atoms with Gasteiger partial charge in [0.25, 0.3) is 0 Å². The minimum atomic E-state index is 0.0803. The molecular formula is C28H25Br2NO2. The first-order valence-electron chi connectivity index (χ1n) is 11.1. The fourth-order valence-corrected chi connectivity index (χ4v) is 4.92. The average molecular weight is 567 g/mol. The summed E-state index contributed by atoms with van der Waals surface area (Å²) in [6.07, 6.45) is 12.6. The van der Waals surface area contributed by atoms with E-state index in [9.17, 15) is 9.59 Å². The molecular weight excluding hydrogens is 542 g/mol. The van der Waals surface area contributed by atoms with E-state index in [2.05, 4.69) is 80.4 Å². The van der Waals surface area contributed by atoms with E-state index in [0.29, 0.717) is 32.4 Å². The van der Waals surface area contributed by atoms with Crippen LogP contribution in [0.2, 0.25) is 0 Å². The molecule has 168 valence electrons. The van der Waals surface area contributed by atoms with E-state index in [-0.39, 0.29) is 11.7 Å². The normalized spacial score (nSPS) is 17.9. The monoisotopic (exact) mass is 565 g/mol. The van der Waals surface area contributed by atoms with Crippen molar-refractivity contribution in [1.29, 1.82) is 0 Å². The smallest absolute Gasteiger partial charge is 0.227 e. The number of likely N-dealkylation sites (tertiary alicyclic amines) is 1. The van der Waals surface area contributed by atoms with Gasteiger partial charge in [0, 0.05) is 34.9 Å². The highest BCUT2D eigenvalue weighted by Crippen LogP contribution is 2.30. The first-order chi connectivity index (χ1) is 16.0. The summed E-state index contributed by atoms with van der Waals surface area (Å²) in [7, 11) is 0. The first kappa shape index (κ1) is 23.7. The zero-order valence-electron chi connectivity index (χ0n) is 18.3. The molecule has 0 aromatic heterocycles. The summed E-state index contributed by atoms with van der Waals surface area (Å²) in [6.45, 7) is 1.05. The van der Waals surface area contributed by atoms with Crippen LogP contribution in [0.5, 0.6) is 0 Å². The van der Waals surface area contributed by atoms with Crippen LogP contribution in [0.1, 0.15) is 36.8 Å². The molecule has 1 aliphatic heterocycles. The van der Waals surface area contributed by atoms with Gasteiger partial charge in [-0.15, -0.1) is 0 Å². The van der Waals surface area contributed by atoms with Crippen molar-refractivity contribution in [2.24, 2.45) is 0 Å². The summed E-state index contributed by atoms with van der Waals surface area (Å²) in [5.74, 6) is 0.322. The second kappa shape index (κ2) is 11.1. The van der Waals surface area contributed by atoms with Crippen molar-refractivity contribution in [2.45, 2.75) is 25.7 Å². The molecule has 2 aromatic rings. The third kappa shape index (κ3) is 6.75.